The molecule has 0 aromatic carbocycles. The van der Waals surface area contributed by atoms with E-state index in [0.29, 0.717) is 6.42 Å². The SMILES string of the molecule is C=C(C(=O)OC(C)OC(=O)OC(C)(C)CC(C)(C)C)C(=O)c1coo1. The molecule has 0 aliphatic heterocycles. The minimum atomic E-state index is -1.26. The zero-order valence-electron chi connectivity index (χ0n) is 15.3. The van der Waals surface area contributed by atoms with Crippen molar-refractivity contribution in [1.29, 1.82) is 0 Å². The van der Waals surface area contributed by atoms with Gasteiger partial charge >= 0.3 is 12.1 Å². The first kappa shape index (κ1) is 20.5. The molecule has 1 aromatic heterocycles. The predicted octanol–water partition coefficient (Wildman–Crippen LogP) is 3.87. The van der Waals surface area contributed by atoms with E-state index in [1.807, 2.05) is 20.8 Å². The highest BCUT2D eigenvalue weighted by Gasteiger charge is 2.31. The molecule has 0 saturated heterocycles. The fraction of sp³-hybridized carbons (Fsp3) is 0.588. The maximum absolute atomic E-state index is 11.8. The first-order valence-electron chi connectivity index (χ1n) is 7.68. The minimum Gasteiger partial charge on any atom is -0.428 e. The smallest absolute Gasteiger partial charge is 0.428 e. The molecule has 1 heterocycles. The molecule has 25 heavy (non-hydrogen) atoms. The Balaban J connectivity index is 2.49. The van der Waals surface area contributed by atoms with Crippen molar-refractivity contribution in [3.05, 3.63) is 24.2 Å². The van der Waals surface area contributed by atoms with Gasteiger partial charge < -0.3 is 14.2 Å². The fourth-order valence-corrected chi connectivity index (χ4v) is 2.37. The Hall–Kier alpha value is -2.51. The van der Waals surface area contributed by atoms with Gasteiger partial charge in [-0.3, -0.25) is 13.9 Å². The van der Waals surface area contributed by atoms with Crippen LogP contribution in [-0.2, 0) is 19.0 Å². The summed E-state index contributed by atoms with van der Waals surface area (Å²) in [5.41, 5.74) is -1.29. The van der Waals surface area contributed by atoms with Crippen LogP contribution in [0.25, 0.3) is 0 Å². The third kappa shape index (κ3) is 6.86. The summed E-state index contributed by atoms with van der Waals surface area (Å²) in [6.07, 6.45) is -0.617. The summed E-state index contributed by atoms with van der Waals surface area (Å²) in [4.78, 5) is 35.3. The highest BCUT2D eigenvalue weighted by molar-refractivity contribution is 6.22. The number of carbonyl (C=O) groups is 3. The van der Waals surface area contributed by atoms with Gasteiger partial charge in [-0.2, -0.15) is 0 Å². The topological polar surface area (TPSA) is 105 Å². The molecule has 0 amide bonds. The van der Waals surface area contributed by atoms with E-state index in [2.05, 4.69) is 15.7 Å². The maximum Gasteiger partial charge on any atom is 0.511 e. The van der Waals surface area contributed by atoms with E-state index in [9.17, 15) is 14.4 Å². The molecule has 1 atom stereocenters. The van der Waals surface area contributed by atoms with Gasteiger partial charge in [0.25, 0.3) is 5.76 Å². The van der Waals surface area contributed by atoms with E-state index < -0.39 is 35.4 Å². The van der Waals surface area contributed by atoms with Crippen molar-refractivity contribution in [2.45, 2.75) is 59.9 Å². The van der Waals surface area contributed by atoms with Crippen LogP contribution < -0.4 is 0 Å². The maximum atomic E-state index is 11.8. The summed E-state index contributed by atoms with van der Waals surface area (Å²) in [6, 6.07) is 0. The molecular weight excluding hydrogens is 332 g/mol. The van der Waals surface area contributed by atoms with Crippen LogP contribution >= 0.6 is 0 Å². The first-order valence-corrected chi connectivity index (χ1v) is 7.68. The molecule has 8 nitrogen and oxygen atoms in total. The molecule has 0 spiro atoms. The van der Waals surface area contributed by atoms with E-state index in [1.54, 1.807) is 13.8 Å². The van der Waals surface area contributed by atoms with Crippen molar-refractivity contribution in [3.63, 3.8) is 0 Å². The van der Waals surface area contributed by atoms with E-state index in [4.69, 9.17) is 14.2 Å². The van der Waals surface area contributed by atoms with Crippen LogP contribution in [0.4, 0.5) is 4.79 Å². The van der Waals surface area contributed by atoms with Crippen LogP contribution in [-0.4, -0.2) is 29.8 Å². The molecule has 0 saturated carbocycles. The fourth-order valence-electron chi connectivity index (χ4n) is 2.37. The van der Waals surface area contributed by atoms with E-state index in [-0.39, 0.29) is 11.2 Å². The number of ether oxygens (including phenoxy) is 3. The third-order valence-corrected chi connectivity index (χ3v) is 2.89. The van der Waals surface area contributed by atoms with Gasteiger partial charge in [-0.1, -0.05) is 27.4 Å². The third-order valence-electron chi connectivity index (χ3n) is 2.89. The van der Waals surface area contributed by atoms with Crippen molar-refractivity contribution in [2.75, 3.05) is 0 Å². The molecule has 0 bridgehead atoms. The Bertz CT molecular complexity index is 632. The summed E-state index contributed by atoms with van der Waals surface area (Å²) >= 11 is 0. The largest absolute Gasteiger partial charge is 0.511 e. The normalized spacial score (nSPS) is 13.0. The van der Waals surface area contributed by atoms with Gasteiger partial charge in [0.1, 0.15) is 11.2 Å². The zero-order valence-corrected chi connectivity index (χ0v) is 15.3. The van der Waals surface area contributed by atoms with Gasteiger partial charge in [0.05, 0.1) is 0 Å². The summed E-state index contributed by atoms with van der Waals surface area (Å²) in [5, 5.41) is 0. The highest BCUT2D eigenvalue weighted by Crippen LogP contribution is 2.29. The van der Waals surface area contributed by atoms with Gasteiger partial charge in [0.2, 0.25) is 12.1 Å². The van der Waals surface area contributed by atoms with Crippen molar-refractivity contribution in [2.24, 2.45) is 5.41 Å². The lowest BCUT2D eigenvalue weighted by Crippen LogP contribution is -2.34. The Labute approximate surface area is 146 Å². The zero-order chi connectivity index (χ0) is 19.4. The van der Waals surface area contributed by atoms with Crippen molar-refractivity contribution in [1.82, 2.24) is 0 Å². The molecular formula is C17H24O8. The number of esters is 1. The summed E-state index contributed by atoms with van der Waals surface area (Å²) in [5.74, 6) is -1.99. The van der Waals surface area contributed by atoms with Crippen molar-refractivity contribution >= 4 is 17.9 Å². The molecule has 0 aliphatic rings. The second-order valence-electron chi connectivity index (χ2n) is 7.41. The summed E-state index contributed by atoms with van der Waals surface area (Å²) < 4.78 is 23.6. The van der Waals surface area contributed by atoms with Crippen LogP contribution in [0.3, 0.4) is 0 Å². The highest BCUT2D eigenvalue weighted by atomic mass is 17.0. The van der Waals surface area contributed by atoms with E-state index in [1.165, 1.54) is 6.92 Å². The number of carbonyl (C=O) groups excluding carboxylic acids is 3. The molecule has 1 rings (SSSR count). The van der Waals surface area contributed by atoms with Gasteiger partial charge in [-0.05, 0) is 25.7 Å². The lowest BCUT2D eigenvalue weighted by atomic mass is 9.84. The van der Waals surface area contributed by atoms with Crippen molar-refractivity contribution in [3.8, 4) is 0 Å². The quantitative estimate of drug-likeness (QED) is 0.138. The second-order valence-corrected chi connectivity index (χ2v) is 7.41. The first-order chi connectivity index (χ1) is 11.3. The molecule has 1 unspecified atom stereocenters. The number of ketones is 1. The molecule has 0 fully saturated rings. The van der Waals surface area contributed by atoms with Gasteiger partial charge in [-0.15, -0.1) is 0 Å². The Morgan fingerprint density at radius 3 is 2.16 bits per heavy atom. The number of hydrogen-bond acceptors (Lipinski definition) is 8. The number of rotatable bonds is 7. The van der Waals surface area contributed by atoms with Gasteiger partial charge in [0, 0.05) is 6.92 Å². The van der Waals surface area contributed by atoms with Crippen LogP contribution in [0.1, 0.15) is 58.5 Å². The Morgan fingerprint density at radius 2 is 1.72 bits per heavy atom. The van der Waals surface area contributed by atoms with Crippen LogP contribution in [0.15, 0.2) is 27.6 Å². The minimum absolute atomic E-state index is 0.0536. The summed E-state index contributed by atoms with van der Waals surface area (Å²) in [6.45, 7) is 14.2. The number of hydrogen-bond donors (Lipinski definition) is 0. The van der Waals surface area contributed by atoms with Gasteiger partial charge in [0.15, 0.2) is 6.26 Å². The molecule has 0 aliphatic carbocycles. The molecule has 1 aromatic rings. The average Bonchev–Trinajstić information content (AvgIpc) is 2.30. The molecule has 140 valence electrons. The average molecular weight is 356 g/mol. The molecule has 0 radical (unpaired) electrons. The Morgan fingerprint density at radius 1 is 1.16 bits per heavy atom. The van der Waals surface area contributed by atoms with Crippen LogP contribution in [0.5, 0.6) is 0 Å². The lowest BCUT2D eigenvalue weighted by molar-refractivity contribution is -0.165. The van der Waals surface area contributed by atoms with E-state index >= 15 is 0 Å². The van der Waals surface area contributed by atoms with E-state index in [0.717, 1.165) is 6.26 Å². The lowest BCUT2D eigenvalue weighted by Gasteiger charge is -2.31. The van der Waals surface area contributed by atoms with Crippen molar-refractivity contribution < 1.29 is 37.7 Å². The Kier molecular flexibility index (Phi) is 6.23. The standard InChI is InChI=1S/C17H24O8/c1-10(13(18)12-8-21-25-12)14(19)22-11(2)23-15(20)24-17(6,7)9-16(3,4)5/h8,11H,1,9H2,2-7H3. The van der Waals surface area contributed by atoms with Crippen LogP contribution in [0, 0.1) is 5.41 Å². The monoisotopic (exact) mass is 356 g/mol. The number of Topliss-reactive ketones (excluding diaryl/α,β-unsaturated/α-hetero) is 1. The predicted molar refractivity (Wildman–Crippen MR) is 85.7 cm³/mol. The van der Waals surface area contributed by atoms with Crippen LogP contribution in [0.2, 0.25) is 0 Å². The second kappa shape index (κ2) is 7.58. The molecule has 0 N–H and O–H groups in total. The molecule has 8 heteroatoms. The summed E-state index contributed by atoms with van der Waals surface area (Å²) in [7, 11) is 0. The van der Waals surface area contributed by atoms with Gasteiger partial charge in [-0.25, -0.2) is 9.59 Å².